The molecule has 0 saturated carbocycles. The Morgan fingerprint density at radius 2 is 1.87 bits per heavy atom. The Morgan fingerprint density at radius 3 is 2.57 bits per heavy atom. The smallest absolute Gasteiger partial charge is 0.238 e. The van der Waals surface area contributed by atoms with E-state index in [4.69, 9.17) is 0 Å². The van der Waals surface area contributed by atoms with Crippen LogP contribution < -0.4 is 5.32 Å². The molecule has 1 heterocycles. The van der Waals surface area contributed by atoms with Crippen molar-refractivity contribution in [2.75, 3.05) is 45.1 Å². The predicted molar refractivity (Wildman–Crippen MR) is 97.0 cm³/mol. The Balaban J connectivity index is 1.74. The van der Waals surface area contributed by atoms with Crippen molar-refractivity contribution in [1.29, 1.82) is 0 Å². The van der Waals surface area contributed by atoms with E-state index in [-0.39, 0.29) is 5.91 Å². The van der Waals surface area contributed by atoms with Crippen LogP contribution in [0.15, 0.2) is 18.2 Å². The summed E-state index contributed by atoms with van der Waals surface area (Å²) < 4.78 is 0. The molecule has 0 spiro atoms. The number of nitrogens with zero attached hydrogens (tertiary/aromatic N) is 2. The number of rotatable bonds is 6. The summed E-state index contributed by atoms with van der Waals surface area (Å²) in [4.78, 5) is 16.9. The van der Waals surface area contributed by atoms with Crippen LogP contribution in [-0.4, -0.2) is 55.5 Å². The predicted octanol–water partition coefficient (Wildman–Crippen LogP) is 3.05. The fourth-order valence-electron chi connectivity index (χ4n) is 3.07. The summed E-state index contributed by atoms with van der Waals surface area (Å²) in [7, 11) is 2.03. The van der Waals surface area contributed by atoms with Gasteiger partial charge in [0, 0.05) is 18.8 Å². The van der Waals surface area contributed by atoms with Gasteiger partial charge in [0.25, 0.3) is 0 Å². The van der Waals surface area contributed by atoms with Crippen LogP contribution in [0.3, 0.4) is 0 Å². The number of nitrogens with one attached hydrogen (secondary N) is 1. The molecule has 128 valence electrons. The van der Waals surface area contributed by atoms with Crippen LogP contribution in [0.1, 0.15) is 36.8 Å². The quantitative estimate of drug-likeness (QED) is 0.876. The Bertz CT molecular complexity index is 507. The Kier molecular flexibility index (Phi) is 7.06. The first kappa shape index (κ1) is 18.0. The third kappa shape index (κ3) is 5.96. The number of likely N-dealkylation sites (tertiary alicyclic amines) is 1. The highest BCUT2D eigenvalue weighted by Gasteiger charge is 2.12. The molecule has 4 nitrogen and oxygen atoms in total. The minimum Gasteiger partial charge on any atom is -0.325 e. The van der Waals surface area contributed by atoms with E-state index in [2.05, 4.69) is 28.1 Å². The maximum absolute atomic E-state index is 12.2. The molecule has 0 aliphatic carbocycles. The van der Waals surface area contributed by atoms with E-state index in [0.29, 0.717) is 6.54 Å². The van der Waals surface area contributed by atoms with E-state index in [1.807, 2.05) is 26.1 Å². The average molecular weight is 317 g/mol. The van der Waals surface area contributed by atoms with Gasteiger partial charge in [-0.1, -0.05) is 25.0 Å². The van der Waals surface area contributed by atoms with Crippen LogP contribution in [0.2, 0.25) is 0 Å². The minimum absolute atomic E-state index is 0.0667. The molecule has 23 heavy (non-hydrogen) atoms. The molecule has 0 bridgehead atoms. The highest BCUT2D eigenvalue weighted by atomic mass is 16.2. The number of hydrogen-bond donors (Lipinski definition) is 1. The highest BCUT2D eigenvalue weighted by Crippen LogP contribution is 2.17. The maximum atomic E-state index is 12.2. The Labute approximate surface area is 140 Å². The van der Waals surface area contributed by atoms with Crippen molar-refractivity contribution in [3.05, 3.63) is 29.3 Å². The lowest BCUT2D eigenvalue weighted by atomic mass is 10.1. The summed E-state index contributed by atoms with van der Waals surface area (Å²) in [6.07, 6.45) is 5.36. The standard InChI is InChI=1S/C19H31N3O/c1-16-9-8-10-18(17(16)2)20-19(23)15-21(3)13-14-22-11-6-4-5-7-12-22/h8-10H,4-7,11-15H2,1-3H3,(H,20,23). The monoisotopic (exact) mass is 317 g/mol. The molecule has 0 atom stereocenters. The first-order valence-electron chi connectivity index (χ1n) is 8.83. The van der Waals surface area contributed by atoms with Crippen LogP contribution in [0, 0.1) is 13.8 Å². The molecule has 1 aromatic carbocycles. The number of aryl methyl sites for hydroxylation is 1. The van der Waals surface area contributed by atoms with E-state index >= 15 is 0 Å². The van der Waals surface area contributed by atoms with Crippen LogP contribution in [0.25, 0.3) is 0 Å². The second kappa shape index (κ2) is 9.04. The van der Waals surface area contributed by atoms with Crippen LogP contribution >= 0.6 is 0 Å². The summed E-state index contributed by atoms with van der Waals surface area (Å²) in [5.74, 6) is 0.0667. The van der Waals surface area contributed by atoms with Gasteiger partial charge in [-0.2, -0.15) is 0 Å². The van der Waals surface area contributed by atoms with Crippen LogP contribution in [0.4, 0.5) is 5.69 Å². The van der Waals surface area contributed by atoms with Crippen LogP contribution in [-0.2, 0) is 4.79 Å². The molecule has 1 amide bonds. The number of hydrogen-bond acceptors (Lipinski definition) is 3. The molecule has 4 heteroatoms. The molecule has 1 saturated heterocycles. The molecular weight excluding hydrogens is 286 g/mol. The molecule has 1 aliphatic heterocycles. The van der Waals surface area contributed by atoms with Gasteiger partial charge in [0.15, 0.2) is 0 Å². The van der Waals surface area contributed by atoms with Gasteiger partial charge in [-0.15, -0.1) is 0 Å². The Hall–Kier alpha value is -1.39. The van der Waals surface area contributed by atoms with Gasteiger partial charge in [0.1, 0.15) is 0 Å². The summed E-state index contributed by atoms with van der Waals surface area (Å²) >= 11 is 0. The van der Waals surface area contributed by atoms with E-state index in [1.54, 1.807) is 0 Å². The van der Waals surface area contributed by atoms with Crippen LogP contribution in [0.5, 0.6) is 0 Å². The third-order valence-corrected chi connectivity index (χ3v) is 4.79. The summed E-state index contributed by atoms with van der Waals surface area (Å²) in [6, 6.07) is 6.02. The topological polar surface area (TPSA) is 35.6 Å². The fourth-order valence-corrected chi connectivity index (χ4v) is 3.07. The van der Waals surface area contributed by atoms with Crippen molar-refractivity contribution in [2.24, 2.45) is 0 Å². The van der Waals surface area contributed by atoms with E-state index in [0.717, 1.165) is 24.3 Å². The minimum atomic E-state index is 0.0667. The fraction of sp³-hybridized carbons (Fsp3) is 0.632. The number of anilines is 1. The normalized spacial score (nSPS) is 16.3. The zero-order valence-corrected chi connectivity index (χ0v) is 14.9. The van der Waals surface area contributed by atoms with Gasteiger partial charge in [-0.3, -0.25) is 9.69 Å². The summed E-state index contributed by atoms with van der Waals surface area (Å²) in [5, 5.41) is 3.04. The maximum Gasteiger partial charge on any atom is 0.238 e. The van der Waals surface area contributed by atoms with Gasteiger partial charge in [0.2, 0.25) is 5.91 Å². The summed E-state index contributed by atoms with van der Waals surface area (Å²) in [5.41, 5.74) is 3.28. The van der Waals surface area contributed by atoms with Crippen molar-refractivity contribution in [3.8, 4) is 0 Å². The molecule has 1 aliphatic rings. The summed E-state index contributed by atoms with van der Waals surface area (Å²) in [6.45, 7) is 8.99. The molecule has 0 aromatic heterocycles. The lowest BCUT2D eigenvalue weighted by molar-refractivity contribution is -0.117. The second-order valence-electron chi connectivity index (χ2n) is 6.79. The average Bonchev–Trinajstić information content (AvgIpc) is 2.78. The number of likely N-dealkylation sites (N-methyl/N-ethyl adjacent to an activating group) is 1. The number of carbonyl (C=O) groups is 1. The van der Waals surface area contributed by atoms with Gasteiger partial charge in [-0.05, 0) is 64.0 Å². The first-order chi connectivity index (χ1) is 11.1. The number of amides is 1. The molecule has 1 fully saturated rings. The lowest BCUT2D eigenvalue weighted by Crippen LogP contribution is -2.37. The van der Waals surface area contributed by atoms with E-state index in [9.17, 15) is 4.79 Å². The van der Waals surface area contributed by atoms with E-state index < -0.39 is 0 Å². The largest absolute Gasteiger partial charge is 0.325 e. The molecule has 1 N–H and O–H groups in total. The van der Waals surface area contributed by atoms with Gasteiger partial charge in [-0.25, -0.2) is 0 Å². The zero-order chi connectivity index (χ0) is 16.7. The van der Waals surface area contributed by atoms with Gasteiger partial charge in [0.05, 0.1) is 6.54 Å². The number of carbonyl (C=O) groups excluding carboxylic acids is 1. The van der Waals surface area contributed by atoms with Crippen molar-refractivity contribution in [2.45, 2.75) is 39.5 Å². The lowest BCUT2D eigenvalue weighted by Gasteiger charge is -2.23. The Morgan fingerprint density at radius 1 is 1.17 bits per heavy atom. The van der Waals surface area contributed by atoms with Crippen molar-refractivity contribution < 1.29 is 4.79 Å². The number of benzene rings is 1. The molecular formula is C19H31N3O. The second-order valence-corrected chi connectivity index (χ2v) is 6.79. The van der Waals surface area contributed by atoms with Gasteiger partial charge >= 0.3 is 0 Å². The van der Waals surface area contributed by atoms with Gasteiger partial charge < -0.3 is 10.2 Å². The van der Waals surface area contributed by atoms with Crippen molar-refractivity contribution >= 4 is 11.6 Å². The first-order valence-corrected chi connectivity index (χ1v) is 8.83. The van der Waals surface area contributed by atoms with Crippen molar-refractivity contribution in [1.82, 2.24) is 9.80 Å². The molecule has 0 unspecified atom stereocenters. The van der Waals surface area contributed by atoms with Crippen molar-refractivity contribution in [3.63, 3.8) is 0 Å². The molecule has 1 aromatic rings. The third-order valence-electron chi connectivity index (χ3n) is 4.79. The zero-order valence-electron chi connectivity index (χ0n) is 14.9. The highest BCUT2D eigenvalue weighted by molar-refractivity contribution is 5.93. The van der Waals surface area contributed by atoms with E-state index in [1.165, 1.54) is 44.3 Å². The molecule has 0 radical (unpaired) electrons. The molecule has 2 rings (SSSR count). The SMILES string of the molecule is Cc1cccc(NC(=O)CN(C)CCN2CCCCCC2)c1C.